The summed E-state index contributed by atoms with van der Waals surface area (Å²) in [6.07, 6.45) is 4.05. The number of nitrogens with zero attached hydrogens (tertiary/aromatic N) is 3. The zero-order valence-electron chi connectivity index (χ0n) is 21.4. The van der Waals surface area contributed by atoms with E-state index >= 15 is 0 Å². The highest BCUT2D eigenvalue weighted by molar-refractivity contribution is 6.24. The maximum absolute atomic E-state index is 6.24. The SMILES string of the molecule is c1ccc(-c2ccc(-c3ccc4c(c3)c3ccccc3c3nc5cc6c(cn5c43)oc3ccccc36)nc2)cc1. The molecule has 186 valence electrons. The van der Waals surface area contributed by atoms with Crippen molar-refractivity contribution >= 4 is 60.2 Å². The van der Waals surface area contributed by atoms with Crippen LogP contribution in [0.15, 0.2) is 132 Å². The first-order valence-electron chi connectivity index (χ1n) is 13.4. The third-order valence-electron chi connectivity index (χ3n) is 8.03. The Bertz CT molecular complexity index is 2420. The van der Waals surface area contributed by atoms with Crippen LogP contribution >= 0.6 is 0 Å². The van der Waals surface area contributed by atoms with Gasteiger partial charge in [-0.2, -0.15) is 0 Å². The van der Waals surface area contributed by atoms with E-state index in [-0.39, 0.29) is 0 Å². The summed E-state index contributed by atoms with van der Waals surface area (Å²) in [5, 5.41) is 6.85. The van der Waals surface area contributed by atoms with E-state index in [0.717, 1.165) is 66.2 Å². The highest BCUT2D eigenvalue weighted by Gasteiger charge is 2.17. The van der Waals surface area contributed by atoms with Crippen LogP contribution in [0.1, 0.15) is 0 Å². The number of imidazole rings is 1. The van der Waals surface area contributed by atoms with Gasteiger partial charge >= 0.3 is 0 Å². The van der Waals surface area contributed by atoms with Gasteiger partial charge in [0.2, 0.25) is 0 Å². The summed E-state index contributed by atoms with van der Waals surface area (Å²) in [5.41, 5.74) is 9.06. The molecule has 4 aromatic heterocycles. The number of hydrogen-bond donors (Lipinski definition) is 0. The highest BCUT2D eigenvalue weighted by atomic mass is 16.3. The average Bonchev–Trinajstić information content (AvgIpc) is 3.58. The monoisotopic (exact) mass is 511 g/mol. The van der Waals surface area contributed by atoms with Gasteiger partial charge in [0.15, 0.2) is 5.58 Å². The van der Waals surface area contributed by atoms with E-state index in [1.165, 1.54) is 16.3 Å². The second kappa shape index (κ2) is 8.01. The Morgan fingerprint density at radius 2 is 1.30 bits per heavy atom. The summed E-state index contributed by atoms with van der Waals surface area (Å²) in [6.45, 7) is 0. The first kappa shape index (κ1) is 21.5. The lowest BCUT2D eigenvalue weighted by atomic mass is 9.97. The van der Waals surface area contributed by atoms with Gasteiger partial charge in [-0.3, -0.25) is 9.38 Å². The van der Waals surface area contributed by atoms with Gasteiger partial charge in [0.1, 0.15) is 11.2 Å². The van der Waals surface area contributed by atoms with Crippen LogP contribution in [-0.2, 0) is 0 Å². The quantitative estimate of drug-likeness (QED) is 0.217. The van der Waals surface area contributed by atoms with Crippen molar-refractivity contribution in [2.75, 3.05) is 0 Å². The van der Waals surface area contributed by atoms with Gasteiger partial charge in [0.05, 0.1) is 22.9 Å². The number of para-hydroxylation sites is 1. The Morgan fingerprint density at radius 3 is 2.15 bits per heavy atom. The van der Waals surface area contributed by atoms with Gasteiger partial charge < -0.3 is 4.42 Å². The molecule has 0 radical (unpaired) electrons. The molecule has 0 saturated carbocycles. The molecule has 0 aliphatic carbocycles. The van der Waals surface area contributed by atoms with Crippen LogP contribution in [0.5, 0.6) is 0 Å². The molecule has 0 amide bonds. The molecule has 0 aliphatic rings. The summed E-state index contributed by atoms with van der Waals surface area (Å²) in [5.74, 6) is 0. The van der Waals surface area contributed by atoms with Crippen LogP contribution in [0.25, 0.3) is 82.5 Å². The van der Waals surface area contributed by atoms with Crippen molar-refractivity contribution in [1.29, 1.82) is 0 Å². The number of pyridine rings is 2. The Morgan fingerprint density at radius 1 is 0.525 bits per heavy atom. The summed E-state index contributed by atoms with van der Waals surface area (Å²) in [6, 6.07) is 40.1. The molecule has 40 heavy (non-hydrogen) atoms. The largest absolute Gasteiger partial charge is 0.455 e. The second-order valence-electron chi connectivity index (χ2n) is 10.3. The Balaban J connectivity index is 1.30. The molecule has 0 N–H and O–H groups in total. The van der Waals surface area contributed by atoms with E-state index < -0.39 is 0 Å². The molecule has 9 rings (SSSR count). The summed E-state index contributed by atoms with van der Waals surface area (Å²) < 4.78 is 8.42. The average molecular weight is 512 g/mol. The Hall–Kier alpha value is -5.48. The fraction of sp³-hybridized carbons (Fsp3) is 0. The number of furan rings is 1. The summed E-state index contributed by atoms with van der Waals surface area (Å²) >= 11 is 0. The molecule has 0 bridgehead atoms. The van der Waals surface area contributed by atoms with E-state index in [4.69, 9.17) is 14.4 Å². The fourth-order valence-corrected chi connectivity index (χ4v) is 6.13. The fourth-order valence-electron chi connectivity index (χ4n) is 6.13. The van der Waals surface area contributed by atoms with Gasteiger partial charge in [-0.15, -0.1) is 0 Å². The molecule has 9 aromatic rings. The predicted molar refractivity (Wildman–Crippen MR) is 164 cm³/mol. The number of rotatable bonds is 2. The molecule has 4 nitrogen and oxygen atoms in total. The third-order valence-corrected chi connectivity index (χ3v) is 8.03. The number of benzene rings is 5. The molecule has 0 atom stereocenters. The normalized spacial score (nSPS) is 12.0. The lowest BCUT2D eigenvalue weighted by molar-refractivity contribution is 0.666. The molecular weight excluding hydrogens is 490 g/mol. The molecule has 5 aromatic carbocycles. The lowest BCUT2D eigenvalue weighted by Crippen LogP contribution is -1.89. The zero-order chi connectivity index (χ0) is 26.2. The molecule has 4 heterocycles. The van der Waals surface area contributed by atoms with E-state index in [1.807, 2.05) is 30.5 Å². The standard InChI is InChI=1S/C36H21N3O/c1-2-8-22(9-3-1)24-15-17-31(37-20-24)23-14-16-28-29(18-23)25-10-4-5-12-27(25)35-36(28)39-21-33-30(19-34(39)38-35)26-11-6-7-13-32(26)40-33/h1-21H. The van der Waals surface area contributed by atoms with E-state index in [0.29, 0.717) is 0 Å². The molecular formula is C36H21N3O. The van der Waals surface area contributed by atoms with E-state index in [2.05, 4.69) is 102 Å². The minimum absolute atomic E-state index is 0.855. The van der Waals surface area contributed by atoms with Crippen LogP contribution in [0, 0.1) is 0 Å². The minimum Gasteiger partial charge on any atom is -0.455 e. The molecule has 0 fully saturated rings. The van der Waals surface area contributed by atoms with E-state index in [1.54, 1.807) is 0 Å². The first-order chi connectivity index (χ1) is 19.8. The van der Waals surface area contributed by atoms with Crippen molar-refractivity contribution in [3.05, 3.63) is 128 Å². The van der Waals surface area contributed by atoms with Crippen molar-refractivity contribution in [2.45, 2.75) is 0 Å². The number of aromatic nitrogens is 3. The minimum atomic E-state index is 0.855. The smallest absolute Gasteiger partial charge is 0.152 e. The highest BCUT2D eigenvalue weighted by Crippen LogP contribution is 2.39. The van der Waals surface area contributed by atoms with Crippen LogP contribution in [0.2, 0.25) is 0 Å². The molecule has 0 saturated heterocycles. The molecule has 4 heteroatoms. The Labute approximate surface area is 228 Å². The van der Waals surface area contributed by atoms with Crippen molar-refractivity contribution < 1.29 is 4.42 Å². The van der Waals surface area contributed by atoms with Crippen molar-refractivity contribution in [1.82, 2.24) is 14.4 Å². The second-order valence-corrected chi connectivity index (χ2v) is 10.3. The first-order valence-corrected chi connectivity index (χ1v) is 13.4. The lowest BCUT2D eigenvalue weighted by Gasteiger charge is -2.10. The van der Waals surface area contributed by atoms with Crippen molar-refractivity contribution in [3.8, 4) is 22.4 Å². The summed E-state index contributed by atoms with van der Waals surface area (Å²) in [4.78, 5) is 10.00. The van der Waals surface area contributed by atoms with Gasteiger partial charge in [-0.1, -0.05) is 91.0 Å². The predicted octanol–water partition coefficient (Wildman–Crippen LogP) is 9.42. The van der Waals surface area contributed by atoms with Gasteiger partial charge in [-0.05, 0) is 40.6 Å². The van der Waals surface area contributed by atoms with Gasteiger partial charge in [-0.25, -0.2) is 4.98 Å². The maximum Gasteiger partial charge on any atom is 0.152 e. The number of hydrogen-bond acceptors (Lipinski definition) is 3. The number of fused-ring (bicyclic) bond motifs is 11. The topological polar surface area (TPSA) is 43.3 Å². The molecule has 0 unspecified atom stereocenters. The van der Waals surface area contributed by atoms with Crippen LogP contribution in [-0.4, -0.2) is 14.4 Å². The van der Waals surface area contributed by atoms with Crippen LogP contribution < -0.4 is 0 Å². The van der Waals surface area contributed by atoms with Crippen LogP contribution in [0.4, 0.5) is 0 Å². The van der Waals surface area contributed by atoms with Crippen molar-refractivity contribution in [2.24, 2.45) is 0 Å². The van der Waals surface area contributed by atoms with Gasteiger partial charge in [0, 0.05) is 38.9 Å². The van der Waals surface area contributed by atoms with Crippen molar-refractivity contribution in [3.63, 3.8) is 0 Å². The molecule has 0 aliphatic heterocycles. The maximum atomic E-state index is 6.24. The Kier molecular flexibility index (Phi) is 4.30. The summed E-state index contributed by atoms with van der Waals surface area (Å²) in [7, 11) is 0. The van der Waals surface area contributed by atoms with Crippen LogP contribution in [0.3, 0.4) is 0 Å². The molecule has 0 spiro atoms. The third kappa shape index (κ3) is 3.01. The zero-order valence-corrected chi connectivity index (χ0v) is 21.4. The van der Waals surface area contributed by atoms with E-state index in [9.17, 15) is 0 Å². The van der Waals surface area contributed by atoms with Gasteiger partial charge in [0.25, 0.3) is 0 Å².